The van der Waals surface area contributed by atoms with Crippen LogP contribution in [0.5, 0.6) is 0 Å². The third-order valence-electron chi connectivity index (χ3n) is 2.39. The van der Waals surface area contributed by atoms with Crippen molar-refractivity contribution in [2.45, 2.75) is 89.2 Å². The van der Waals surface area contributed by atoms with Crippen molar-refractivity contribution in [1.82, 2.24) is 0 Å². The van der Waals surface area contributed by atoms with Crippen molar-refractivity contribution in [3.05, 3.63) is 0 Å². The smallest absolute Gasteiger partial charge is 0.0545 e. The van der Waals surface area contributed by atoms with E-state index in [4.69, 9.17) is 4.74 Å². The fourth-order valence-corrected chi connectivity index (χ4v) is 1.72. The Balaban J connectivity index is -0.000000126. The molecule has 0 amide bonds. The predicted octanol–water partition coefficient (Wildman–Crippen LogP) is 6.03. The van der Waals surface area contributed by atoms with Crippen molar-refractivity contribution in [1.29, 1.82) is 0 Å². The summed E-state index contributed by atoms with van der Waals surface area (Å²) < 4.78 is 5.36. The molecule has 0 fully saturated rings. The van der Waals surface area contributed by atoms with Gasteiger partial charge in [0.15, 0.2) is 0 Å². The van der Waals surface area contributed by atoms with Crippen LogP contribution in [0.2, 0.25) is 0 Å². The lowest BCUT2D eigenvalue weighted by atomic mass is 9.98. The first kappa shape index (κ1) is 29.0. The second-order valence-electron chi connectivity index (χ2n) is 7.24. The van der Waals surface area contributed by atoms with Gasteiger partial charge in [-0.05, 0) is 36.5 Å². The molecule has 0 radical (unpaired) electrons. The lowest BCUT2D eigenvalue weighted by molar-refractivity contribution is 0.0886. The maximum absolute atomic E-state index is 9.39. The van der Waals surface area contributed by atoms with Crippen molar-refractivity contribution in [3.8, 4) is 0 Å². The van der Waals surface area contributed by atoms with E-state index in [9.17, 15) is 5.11 Å². The maximum Gasteiger partial charge on any atom is 0.0545 e. The molecule has 0 unspecified atom stereocenters. The third-order valence-corrected chi connectivity index (χ3v) is 2.39. The van der Waals surface area contributed by atoms with Gasteiger partial charge >= 0.3 is 0 Å². The Labute approximate surface area is 136 Å². The molecule has 0 saturated heterocycles. The summed E-state index contributed by atoms with van der Waals surface area (Å²) >= 11 is 0. The van der Waals surface area contributed by atoms with Crippen molar-refractivity contribution in [2.24, 2.45) is 23.7 Å². The van der Waals surface area contributed by atoms with E-state index in [2.05, 4.69) is 55.4 Å². The van der Waals surface area contributed by atoms with Crippen LogP contribution in [0, 0.1) is 23.7 Å². The monoisotopic (exact) mass is 306 g/mol. The Morgan fingerprint density at radius 1 is 0.619 bits per heavy atom. The van der Waals surface area contributed by atoms with Crippen LogP contribution in [0.25, 0.3) is 0 Å². The van der Waals surface area contributed by atoms with Crippen LogP contribution >= 0.6 is 0 Å². The summed E-state index contributed by atoms with van der Waals surface area (Å²) in [5, 5.41) is 9.39. The summed E-state index contributed by atoms with van der Waals surface area (Å²) in [6.45, 7) is 19.0. The molecule has 0 aromatic heterocycles. The zero-order chi connectivity index (χ0) is 15.4. The van der Waals surface area contributed by atoms with Crippen molar-refractivity contribution in [3.63, 3.8) is 0 Å². The summed E-state index contributed by atoms with van der Waals surface area (Å²) in [7, 11) is 0. The van der Waals surface area contributed by atoms with Gasteiger partial charge in [-0.15, -0.1) is 0 Å². The summed E-state index contributed by atoms with van der Waals surface area (Å²) in [6, 6.07) is 0. The highest BCUT2D eigenvalue weighted by Crippen LogP contribution is 2.12. The predicted molar refractivity (Wildman–Crippen MR) is 98.9 cm³/mol. The third kappa shape index (κ3) is 33.0. The molecule has 0 rings (SSSR count). The van der Waals surface area contributed by atoms with Gasteiger partial charge in [-0.2, -0.15) is 0 Å². The molecule has 0 aliphatic carbocycles. The van der Waals surface area contributed by atoms with E-state index in [1.165, 1.54) is 0 Å². The average molecular weight is 307 g/mol. The number of aliphatic hydroxyl groups is 1. The molecule has 0 heterocycles. The van der Waals surface area contributed by atoms with E-state index in [1.54, 1.807) is 0 Å². The molecular weight excluding hydrogens is 260 g/mol. The standard InChI is InChI=1S/C9H20O.C8H18O.2CH4/c1-7(2)5-9(10)6-8(3)4;1-7(2)5-9-6-8(3)4;;/h7-10H,5-6H2,1-4H3;7-8H,5-6H2,1-4H3;2*1H4. The summed E-state index contributed by atoms with van der Waals surface area (Å²) in [5.74, 6) is 2.58. The number of hydrogen-bond donors (Lipinski definition) is 1. The lowest BCUT2D eigenvalue weighted by Gasteiger charge is -2.14. The van der Waals surface area contributed by atoms with Crippen molar-refractivity contribution < 1.29 is 9.84 Å². The number of hydrogen-bond acceptors (Lipinski definition) is 2. The van der Waals surface area contributed by atoms with Crippen LogP contribution in [-0.4, -0.2) is 24.4 Å². The summed E-state index contributed by atoms with van der Waals surface area (Å²) in [4.78, 5) is 0. The molecule has 0 spiro atoms. The van der Waals surface area contributed by atoms with Gasteiger partial charge in [-0.25, -0.2) is 0 Å². The summed E-state index contributed by atoms with van der Waals surface area (Å²) in [6.07, 6.45) is 1.80. The Morgan fingerprint density at radius 2 is 0.905 bits per heavy atom. The average Bonchev–Trinajstić information content (AvgIpc) is 2.13. The van der Waals surface area contributed by atoms with E-state index in [0.29, 0.717) is 23.7 Å². The second-order valence-corrected chi connectivity index (χ2v) is 7.24. The van der Waals surface area contributed by atoms with Gasteiger partial charge in [0.1, 0.15) is 0 Å². The maximum atomic E-state index is 9.39. The molecule has 1 N–H and O–H groups in total. The first-order valence-electron chi connectivity index (χ1n) is 7.90. The highest BCUT2D eigenvalue weighted by atomic mass is 16.5. The van der Waals surface area contributed by atoms with Crippen LogP contribution in [-0.2, 0) is 4.74 Å². The largest absolute Gasteiger partial charge is 0.393 e. The van der Waals surface area contributed by atoms with Gasteiger partial charge in [0.05, 0.1) is 6.10 Å². The topological polar surface area (TPSA) is 29.5 Å². The molecule has 0 atom stereocenters. The van der Waals surface area contributed by atoms with Crippen molar-refractivity contribution >= 4 is 0 Å². The van der Waals surface area contributed by atoms with Crippen LogP contribution in [0.1, 0.15) is 83.1 Å². The van der Waals surface area contributed by atoms with Gasteiger partial charge < -0.3 is 9.84 Å². The molecule has 2 nitrogen and oxygen atoms in total. The number of ether oxygens (including phenoxy) is 1. The highest BCUT2D eigenvalue weighted by Gasteiger charge is 2.08. The molecule has 0 aromatic rings. The fourth-order valence-electron chi connectivity index (χ4n) is 1.72. The highest BCUT2D eigenvalue weighted by molar-refractivity contribution is 4.60. The first-order valence-corrected chi connectivity index (χ1v) is 7.90. The van der Waals surface area contributed by atoms with Crippen molar-refractivity contribution in [2.75, 3.05) is 13.2 Å². The molecule has 0 aromatic carbocycles. The quantitative estimate of drug-likeness (QED) is 0.593. The van der Waals surface area contributed by atoms with Gasteiger partial charge in [0, 0.05) is 13.2 Å². The van der Waals surface area contributed by atoms with E-state index in [1.807, 2.05) is 0 Å². The summed E-state index contributed by atoms with van der Waals surface area (Å²) in [5.41, 5.74) is 0. The minimum Gasteiger partial charge on any atom is -0.393 e. The van der Waals surface area contributed by atoms with Gasteiger partial charge in [-0.1, -0.05) is 70.2 Å². The van der Waals surface area contributed by atoms with Crippen LogP contribution in [0.4, 0.5) is 0 Å². The molecule has 2 heteroatoms. The molecule has 0 aliphatic rings. The van der Waals surface area contributed by atoms with Gasteiger partial charge in [0.25, 0.3) is 0 Å². The van der Waals surface area contributed by atoms with Crippen LogP contribution < -0.4 is 0 Å². The van der Waals surface area contributed by atoms with E-state index >= 15 is 0 Å². The molecule has 134 valence electrons. The first-order chi connectivity index (χ1) is 8.65. The second kappa shape index (κ2) is 18.0. The fraction of sp³-hybridized carbons (Fsp3) is 1.00. The Kier molecular flexibility index (Phi) is 24.8. The van der Waals surface area contributed by atoms with Gasteiger partial charge in [-0.3, -0.25) is 0 Å². The minimum absolute atomic E-state index is 0. The minimum atomic E-state index is -0.0833. The van der Waals surface area contributed by atoms with Crippen LogP contribution in [0.3, 0.4) is 0 Å². The van der Waals surface area contributed by atoms with E-state index in [-0.39, 0.29) is 21.0 Å². The van der Waals surface area contributed by atoms with E-state index in [0.717, 1.165) is 26.1 Å². The molecular formula is C19H46O2. The number of rotatable bonds is 8. The molecule has 0 aliphatic heterocycles. The Bertz CT molecular complexity index is 156. The number of aliphatic hydroxyl groups excluding tert-OH is 1. The Hall–Kier alpha value is -0.0800. The molecule has 0 saturated carbocycles. The zero-order valence-electron chi connectivity index (χ0n) is 14.6. The van der Waals surface area contributed by atoms with Gasteiger partial charge in [0.2, 0.25) is 0 Å². The molecule has 21 heavy (non-hydrogen) atoms. The Morgan fingerprint density at radius 3 is 1.10 bits per heavy atom. The zero-order valence-corrected chi connectivity index (χ0v) is 14.6. The normalized spacial score (nSPS) is 10.6. The van der Waals surface area contributed by atoms with Crippen LogP contribution in [0.15, 0.2) is 0 Å². The molecule has 0 bridgehead atoms. The van der Waals surface area contributed by atoms with E-state index < -0.39 is 0 Å². The lowest BCUT2D eigenvalue weighted by Crippen LogP contribution is -2.12. The SMILES string of the molecule is C.C.CC(C)CC(O)CC(C)C.CC(C)COCC(C)C.